The Balaban J connectivity index is 2.40. The van der Waals surface area contributed by atoms with Gasteiger partial charge in [-0.1, -0.05) is 12.1 Å². The van der Waals surface area contributed by atoms with Crippen molar-refractivity contribution >= 4 is 0 Å². The first-order valence-corrected chi connectivity index (χ1v) is 5.89. The topological polar surface area (TPSA) is 61.8 Å². The zero-order valence-corrected chi connectivity index (χ0v) is 10.8. The Labute approximate surface area is 110 Å². The number of aliphatic hydroxyl groups excluding tert-OH is 1. The molecule has 0 atom stereocenters. The van der Waals surface area contributed by atoms with Gasteiger partial charge in [-0.25, -0.2) is 4.39 Å². The minimum absolute atomic E-state index is 0.0291. The summed E-state index contributed by atoms with van der Waals surface area (Å²) in [5.41, 5.74) is 2.74. The van der Waals surface area contributed by atoms with Crippen LogP contribution < -0.4 is 0 Å². The molecule has 1 aromatic carbocycles. The average molecular weight is 259 g/mol. The maximum atomic E-state index is 14.0. The predicted molar refractivity (Wildman–Crippen MR) is 67.8 cm³/mol. The normalized spacial score (nSPS) is 10.5. The van der Waals surface area contributed by atoms with Crippen molar-refractivity contribution in [1.29, 1.82) is 5.26 Å². The highest BCUT2D eigenvalue weighted by molar-refractivity contribution is 5.35. The molecule has 0 aliphatic rings. The molecule has 4 nitrogen and oxygen atoms in total. The number of benzene rings is 1. The number of hydrogen-bond acceptors (Lipinski definition) is 3. The van der Waals surface area contributed by atoms with Crippen LogP contribution in [-0.4, -0.2) is 14.9 Å². The number of hydrogen-bond donors (Lipinski definition) is 1. The third-order valence-electron chi connectivity index (χ3n) is 3.21. The predicted octanol–water partition coefficient (Wildman–Crippen LogP) is 2.05. The van der Waals surface area contributed by atoms with Crippen LogP contribution in [0.15, 0.2) is 18.2 Å². The van der Waals surface area contributed by atoms with Crippen molar-refractivity contribution in [3.8, 4) is 6.07 Å². The van der Waals surface area contributed by atoms with E-state index >= 15 is 0 Å². The van der Waals surface area contributed by atoms with Crippen LogP contribution in [0.3, 0.4) is 0 Å². The Bertz CT molecular complexity index is 655. The molecule has 0 aliphatic carbocycles. The van der Waals surface area contributed by atoms with Gasteiger partial charge in [0.25, 0.3) is 0 Å². The Morgan fingerprint density at radius 1 is 1.42 bits per heavy atom. The standard InChI is InChI=1S/C14H14FN3O/c1-9-13(8-19)10(2)18(17-9)7-12-5-3-4-11(6-16)14(12)15/h3-5,19H,7-8H2,1-2H3. The highest BCUT2D eigenvalue weighted by Crippen LogP contribution is 2.17. The Morgan fingerprint density at radius 3 is 2.74 bits per heavy atom. The lowest BCUT2D eigenvalue weighted by molar-refractivity contribution is 0.280. The van der Waals surface area contributed by atoms with Crippen molar-refractivity contribution < 1.29 is 9.50 Å². The molecule has 0 spiro atoms. The second-order valence-electron chi connectivity index (χ2n) is 4.36. The summed E-state index contributed by atoms with van der Waals surface area (Å²) >= 11 is 0. The van der Waals surface area contributed by atoms with E-state index in [-0.39, 0.29) is 18.7 Å². The molecule has 1 aromatic heterocycles. The van der Waals surface area contributed by atoms with E-state index in [1.54, 1.807) is 23.7 Å². The first kappa shape index (κ1) is 13.2. The number of nitrogens with zero attached hydrogens (tertiary/aromatic N) is 3. The van der Waals surface area contributed by atoms with Crippen LogP contribution in [0.1, 0.15) is 28.1 Å². The Hall–Kier alpha value is -2.19. The monoisotopic (exact) mass is 259 g/mol. The van der Waals surface area contributed by atoms with Gasteiger partial charge in [0.15, 0.2) is 0 Å². The van der Waals surface area contributed by atoms with Gasteiger partial charge in [0, 0.05) is 16.8 Å². The SMILES string of the molecule is Cc1nn(Cc2cccc(C#N)c2F)c(C)c1CO. The van der Waals surface area contributed by atoms with Crippen molar-refractivity contribution in [2.45, 2.75) is 27.0 Å². The third kappa shape index (κ3) is 2.35. The second kappa shape index (κ2) is 5.21. The molecular formula is C14H14FN3O. The zero-order chi connectivity index (χ0) is 14.0. The summed E-state index contributed by atoms with van der Waals surface area (Å²) in [4.78, 5) is 0. The minimum atomic E-state index is -0.511. The summed E-state index contributed by atoms with van der Waals surface area (Å²) < 4.78 is 15.6. The van der Waals surface area contributed by atoms with Crippen molar-refractivity contribution in [2.24, 2.45) is 0 Å². The Kier molecular flexibility index (Phi) is 3.63. The molecule has 0 aliphatic heterocycles. The highest BCUT2D eigenvalue weighted by atomic mass is 19.1. The lowest BCUT2D eigenvalue weighted by Crippen LogP contribution is -2.07. The molecule has 0 saturated carbocycles. The molecule has 2 aromatic rings. The molecule has 0 unspecified atom stereocenters. The van der Waals surface area contributed by atoms with E-state index in [1.807, 2.05) is 13.0 Å². The number of halogens is 1. The number of nitriles is 1. The summed E-state index contributed by atoms with van der Waals surface area (Å²) in [6.45, 7) is 3.79. The third-order valence-corrected chi connectivity index (χ3v) is 3.21. The molecule has 0 bridgehead atoms. The maximum absolute atomic E-state index is 14.0. The molecule has 5 heteroatoms. The van der Waals surface area contributed by atoms with Crippen LogP contribution in [0.2, 0.25) is 0 Å². The summed E-state index contributed by atoms with van der Waals surface area (Å²) in [7, 11) is 0. The number of aryl methyl sites for hydroxylation is 1. The molecule has 1 heterocycles. The smallest absolute Gasteiger partial charge is 0.146 e. The van der Waals surface area contributed by atoms with Gasteiger partial charge in [-0.15, -0.1) is 0 Å². The Morgan fingerprint density at radius 2 is 2.16 bits per heavy atom. The van der Waals surface area contributed by atoms with Crippen molar-refractivity contribution in [3.63, 3.8) is 0 Å². The molecule has 0 saturated heterocycles. The fourth-order valence-electron chi connectivity index (χ4n) is 2.07. The van der Waals surface area contributed by atoms with E-state index in [0.717, 1.165) is 17.0 Å². The van der Waals surface area contributed by atoms with Crippen LogP contribution in [0.4, 0.5) is 4.39 Å². The van der Waals surface area contributed by atoms with Gasteiger partial charge in [0.2, 0.25) is 0 Å². The lowest BCUT2D eigenvalue weighted by atomic mass is 10.1. The highest BCUT2D eigenvalue weighted by Gasteiger charge is 2.13. The van der Waals surface area contributed by atoms with E-state index in [9.17, 15) is 9.50 Å². The van der Waals surface area contributed by atoms with Crippen molar-refractivity contribution in [2.75, 3.05) is 0 Å². The molecule has 0 radical (unpaired) electrons. The van der Waals surface area contributed by atoms with Crippen LogP contribution in [0, 0.1) is 31.0 Å². The van der Waals surface area contributed by atoms with Crippen molar-refractivity contribution in [1.82, 2.24) is 9.78 Å². The van der Waals surface area contributed by atoms with Gasteiger partial charge < -0.3 is 5.11 Å². The number of aliphatic hydroxyl groups is 1. The maximum Gasteiger partial charge on any atom is 0.146 e. The molecule has 98 valence electrons. The second-order valence-corrected chi connectivity index (χ2v) is 4.36. The summed E-state index contributed by atoms with van der Waals surface area (Å²) in [6.07, 6.45) is 0. The van der Waals surface area contributed by atoms with Gasteiger partial charge in [0.05, 0.1) is 24.4 Å². The van der Waals surface area contributed by atoms with Gasteiger partial charge in [-0.3, -0.25) is 4.68 Å². The zero-order valence-electron chi connectivity index (χ0n) is 10.8. The lowest BCUT2D eigenvalue weighted by Gasteiger charge is -2.07. The van der Waals surface area contributed by atoms with Crippen molar-refractivity contribution in [3.05, 3.63) is 52.1 Å². The van der Waals surface area contributed by atoms with Gasteiger partial charge in [-0.05, 0) is 19.9 Å². The minimum Gasteiger partial charge on any atom is -0.392 e. The van der Waals surface area contributed by atoms with Crippen LogP contribution in [0.25, 0.3) is 0 Å². The van der Waals surface area contributed by atoms with E-state index in [2.05, 4.69) is 5.10 Å². The molecule has 0 amide bonds. The van der Waals surface area contributed by atoms with Gasteiger partial charge >= 0.3 is 0 Å². The van der Waals surface area contributed by atoms with E-state index in [0.29, 0.717) is 5.56 Å². The largest absolute Gasteiger partial charge is 0.392 e. The van der Waals surface area contributed by atoms with E-state index in [1.165, 1.54) is 6.07 Å². The van der Waals surface area contributed by atoms with Crippen LogP contribution in [0.5, 0.6) is 0 Å². The molecule has 19 heavy (non-hydrogen) atoms. The molecule has 2 rings (SSSR count). The first-order chi connectivity index (χ1) is 9.08. The average Bonchev–Trinajstić information content (AvgIpc) is 2.66. The number of rotatable bonds is 3. The molecule has 1 N–H and O–H groups in total. The molecule has 0 fully saturated rings. The fraction of sp³-hybridized carbons (Fsp3) is 0.286. The van der Waals surface area contributed by atoms with Crippen LogP contribution >= 0.6 is 0 Å². The van der Waals surface area contributed by atoms with E-state index in [4.69, 9.17) is 5.26 Å². The summed E-state index contributed by atoms with van der Waals surface area (Å²) in [5, 5.41) is 22.3. The quantitative estimate of drug-likeness (QED) is 0.917. The first-order valence-electron chi connectivity index (χ1n) is 5.89. The summed E-state index contributed by atoms with van der Waals surface area (Å²) in [5.74, 6) is -0.511. The molecular weight excluding hydrogens is 245 g/mol. The number of aromatic nitrogens is 2. The van der Waals surface area contributed by atoms with Gasteiger partial charge in [-0.2, -0.15) is 10.4 Å². The summed E-state index contributed by atoms with van der Waals surface area (Å²) in [6, 6.07) is 6.54. The van der Waals surface area contributed by atoms with Crippen LogP contribution in [-0.2, 0) is 13.2 Å². The fourth-order valence-corrected chi connectivity index (χ4v) is 2.07. The van der Waals surface area contributed by atoms with Gasteiger partial charge in [0.1, 0.15) is 11.9 Å². The van der Waals surface area contributed by atoms with E-state index < -0.39 is 5.82 Å².